The number of hydrogen-bond donors (Lipinski definition) is 1. The zero-order valence-electron chi connectivity index (χ0n) is 11.3. The minimum absolute atomic E-state index is 0.0307. The van der Waals surface area contributed by atoms with E-state index in [2.05, 4.69) is 15.9 Å². The number of hydrogen-bond acceptors (Lipinski definition) is 5. The Morgan fingerprint density at radius 3 is 2.45 bits per heavy atom. The summed E-state index contributed by atoms with van der Waals surface area (Å²) in [6, 6.07) is 3.71. The van der Waals surface area contributed by atoms with Crippen molar-refractivity contribution in [2.24, 2.45) is 5.92 Å². The van der Waals surface area contributed by atoms with E-state index in [0.29, 0.717) is 4.47 Å². The maximum atomic E-state index is 12.6. The predicted octanol–water partition coefficient (Wildman–Crippen LogP) is 1.84. The summed E-state index contributed by atoms with van der Waals surface area (Å²) in [5.41, 5.74) is -0.497. The lowest BCUT2D eigenvalue weighted by atomic mass is 9.99. The highest BCUT2D eigenvalue weighted by Crippen LogP contribution is 2.31. The summed E-state index contributed by atoms with van der Waals surface area (Å²) in [7, 11) is -4.04. The van der Waals surface area contributed by atoms with Gasteiger partial charge in [-0.15, -0.1) is 0 Å². The summed E-state index contributed by atoms with van der Waals surface area (Å²) in [6.07, 6.45) is 0.382. The quantitative estimate of drug-likeness (QED) is 0.616. The van der Waals surface area contributed by atoms with E-state index in [1.807, 2.05) is 0 Å². The van der Waals surface area contributed by atoms with Crippen molar-refractivity contribution in [1.29, 1.82) is 0 Å². The third kappa shape index (κ3) is 3.28. The van der Waals surface area contributed by atoms with Crippen LogP contribution >= 0.6 is 15.9 Å². The molecule has 1 saturated heterocycles. The zero-order chi connectivity index (χ0) is 16.5. The molecule has 1 aliphatic rings. The Labute approximate surface area is 135 Å². The Balaban J connectivity index is 2.34. The van der Waals surface area contributed by atoms with Gasteiger partial charge in [-0.05, 0) is 25.0 Å². The number of carboxylic acids is 1. The van der Waals surface area contributed by atoms with Crippen molar-refractivity contribution in [2.75, 3.05) is 13.1 Å². The maximum Gasteiger partial charge on any atom is 0.306 e. The van der Waals surface area contributed by atoms with Crippen LogP contribution in [0.25, 0.3) is 0 Å². The van der Waals surface area contributed by atoms with Crippen molar-refractivity contribution in [3.05, 3.63) is 32.8 Å². The number of nitro benzene ring substituents is 1. The molecule has 0 bridgehead atoms. The third-order valence-electron chi connectivity index (χ3n) is 3.54. The van der Waals surface area contributed by atoms with Gasteiger partial charge in [0.2, 0.25) is 10.0 Å². The monoisotopic (exact) mass is 392 g/mol. The molecule has 0 spiro atoms. The highest BCUT2D eigenvalue weighted by molar-refractivity contribution is 9.10. The summed E-state index contributed by atoms with van der Waals surface area (Å²) in [5.74, 6) is -1.53. The van der Waals surface area contributed by atoms with Crippen molar-refractivity contribution in [3.63, 3.8) is 0 Å². The Hall–Kier alpha value is -1.52. The first kappa shape index (κ1) is 16.8. The van der Waals surface area contributed by atoms with Gasteiger partial charge in [0, 0.05) is 23.6 Å². The molecule has 2 rings (SSSR count). The van der Waals surface area contributed by atoms with Crippen LogP contribution in [-0.2, 0) is 14.8 Å². The predicted molar refractivity (Wildman–Crippen MR) is 79.9 cm³/mol. The molecule has 0 radical (unpaired) electrons. The van der Waals surface area contributed by atoms with Crippen molar-refractivity contribution in [2.45, 2.75) is 17.7 Å². The molecule has 1 heterocycles. The summed E-state index contributed by atoms with van der Waals surface area (Å²) in [4.78, 5) is 20.8. The highest BCUT2D eigenvalue weighted by atomic mass is 79.9. The van der Waals surface area contributed by atoms with E-state index in [4.69, 9.17) is 5.11 Å². The normalized spacial score (nSPS) is 17.3. The Bertz CT molecular complexity index is 712. The van der Waals surface area contributed by atoms with E-state index in [-0.39, 0.29) is 30.8 Å². The second kappa shape index (κ2) is 6.31. The van der Waals surface area contributed by atoms with Gasteiger partial charge >= 0.3 is 5.97 Å². The average Bonchev–Trinajstić information content (AvgIpc) is 2.46. The fourth-order valence-corrected chi connectivity index (χ4v) is 4.49. The first-order valence-electron chi connectivity index (χ1n) is 6.40. The third-order valence-corrected chi connectivity index (χ3v) is 5.96. The molecule has 0 atom stereocenters. The smallest absolute Gasteiger partial charge is 0.306 e. The molecule has 10 heteroatoms. The van der Waals surface area contributed by atoms with Crippen molar-refractivity contribution < 1.29 is 23.2 Å². The molecule has 1 aromatic carbocycles. The lowest BCUT2D eigenvalue weighted by Gasteiger charge is -2.29. The number of nitrogens with zero attached hydrogens (tertiary/aromatic N) is 2. The van der Waals surface area contributed by atoms with Crippen LogP contribution < -0.4 is 0 Å². The zero-order valence-corrected chi connectivity index (χ0v) is 13.7. The van der Waals surface area contributed by atoms with Gasteiger partial charge < -0.3 is 5.11 Å². The van der Waals surface area contributed by atoms with Crippen LogP contribution in [0.3, 0.4) is 0 Å². The fraction of sp³-hybridized carbons (Fsp3) is 0.417. The molecule has 120 valence electrons. The summed E-state index contributed by atoms with van der Waals surface area (Å²) >= 11 is 3.11. The van der Waals surface area contributed by atoms with Crippen LogP contribution in [0.4, 0.5) is 5.69 Å². The Morgan fingerprint density at radius 1 is 1.36 bits per heavy atom. The molecular formula is C12H13BrN2O6S. The van der Waals surface area contributed by atoms with Gasteiger partial charge in [-0.1, -0.05) is 15.9 Å². The lowest BCUT2D eigenvalue weighted by molar-refractivity contribution is -0.387. The van der Waals surface area contributed by atoms with Crippen LogP contribution in [0, 0.1) is 16.0 Å². The molecule has 22 heavy (non-hydrogen) atoms. The second-order valence-electron chi connectivity index (χ2n) is 4.89. The molecular weight excluding hydrogens is 380 g/mol. The number of piperidine rings is 1. The minimum atomic E-state index is -4.04. The molecule has 0 unspecified atom stereocenters. The molecule has 0 aliphatic carbocycles. The number of halogens is 1. The number of nitro groups is 1. The SMILES string of the molecule is O=C(O)C1CCN(S(=O)(=O)c2cc(Br)ccc2[N+](=O)[O-])CC1. The molecule has 8 nitrogen and oxygen atoms in total. The Morgan fingerprint density at radius 2 is 1.95 bits per heavy atom. The fourth-order valence-electron chi connectivity index (χ4n) is 2.33. The summed E-state index contributed by atoms with van der Waals surface area (Å²) in [6.45, 7) is 0.0614. The van der Waals surface area contributed by atoms with Crippen LogP contribution in [0.5, 0.6) is 0 Å². The Kier molecular flexibility index (Phi) is 4.83. The summed E-state index contributed by atoms with van der Waals surface area (Å²) in [5, 5.41) is 20.0. The number of carbonyl (C=O) groups is 1. The van der Waals surface area contributed by atoms with Crippen molar-refractivity contribution in [3.8, 4) is 0 Å². The van der Waals surface area contributed by atoms with E-state index < -0.39 is 32.5 Å². The number of benzene rings is 1. The first-order valence-corrected chi connectivity index (χ1v) is 8.63. The van der Waals surface area contributed by atoms with Gasteiger partial charge in [0.05, 0.1) is 10.8 Å². The van der Waals surface area contributed by atoms with Crippen molar-refractivity contribution in [1.82, 2.24) is 4.31 Å². The number of carboxylic acid groups (broad SMARTS) is 1. The van der Waals surface area contributed by atoms with Crippen LogP contribution in [0.1, 0.15) is 12.8 Å². The van der Waals surface area contributed by atoms with Crippen LogP contribution in [-0.4, -0.2) is 41.8 Å². The molecule has 0 amide bonds. The van der Waals surface area contributed by atoms with Gasteiger partial charge in [0.25, 0.3) is 5.69 Å². The van der Waals surface area contributed by atoms with Crippen molar-refractivity contribution >= 4 is 37.6 Å². The molecule has 1 aliphatic heterocycles. The number of aliphatic carboxylic acids is 1. The van der Waals surface area contributed by atoms with Gasteiger partial charge in [0.15, 0.2) is 4.90 Å². The first-order chi connectivity index (χ1) is 10.2. The average molecular weight is 393 g/mol. The van der Waals surface area contributed by atoms with Crippen LogP contribution in [0.2, 0.25) is 0 Å². The van der Waals surface area contributed by atoms with Gasteiger partial charge in [0.1, 0.15) is 0 Å². The number of rotatable bonds is 4. The molecule has 1 N–H and O–H groups in total. The van der Waals surface area contributed by atoms with Gasteiger partial charge in [-0.25, -0.2) is 8.42 Å². The summed E-state index contributed by atoms with van der Waals surface area (Å²) < 4.78 is 26.7. The van der Waals surface area contributed by atoms with Crippen LogP contribution in [0.15, 0.2) is 27.6 Å². The minimum Gasteiger partial charge on any atom is -0.481 e. The second-order valence-corrected chi connectivity index (χ2v) is 7.71. The lowest BCUT2D eigenvalue weighted by Crippen LogP contribution is -2.40. The number of sulfonamides is 1. The largest absolute Gasteiger partial charge is 0.481 e. The molecule has 0 saturated carbocycles. The van der Waals surface area contributed by atoms with E-state index in [1.165, 1.54) is 12.1 Å². The van der Waals surface area contributed by atoms with Gasteiger partial charge in [-0.2, -0.15) is 4.31 Å². The topological polar surface area (TPSA) is 118 Å². The van der Waals surface area contributed by atoms with E-state index >= 15 is 0 Å². The maximum absolute atomic E-state index is 12.6. The highest BCUT2D eigenvalue weighted by Gasteiger charge is 2.35. The van der Waals surface area contributed by atoms with E-state index in [0.717, 1.165) is 10.4 Å². The molecule has 1 fully saturated rings. The van der Waals surface area contributed by atoms with Gasteiger partial charge in [-0.3, -0.25) is 14.9 Å². The molecule has 1 aromatic rings. The van der Waals surface area contributed by atoms with E-state index in [1.54, 1.807) is 0 Å². The standard InChI is InChI=1S/C12H13BrN2O6S/c13-9-1-2-10(15(18)19)11(7-9)22(20,21)14-5-3-8(4-6-14)12(16)17/h1-2,7-8H,3-6H2,(H,16,17). The van der Waals surface area contributed by atoms with E-state index in [9.17, 15) is 23.3 Å². The molecule has 0 aromatic heterocycles.